The first-order valence-corrected chi connectivity index (χ1v) is 10.5. The monoisotopic (exact) mass is 394 g/mol. The van der Waals surface area contributed by atoms with Crippen LogP contribution in [0.5, 0.6) is 0 Å². The van der Waals surface area contributed by atoms with Gasteiger partial charge in [0.2, 0.25) is 0 Å². The van der Waals surface area contributed by atoms with E-state index in [-0.39, 0.29) is 0 Å². The highest BCUT2D eigenvalue weighted by atomic mass is 14.0. The summed E-state index contributed by atoms with van der Waals surface area (Å²) < 4.78 is 0. The van der Waals surface area contributed by atoms with Crippen LogP contribution in [0.3, 0.4) is 0 Å². The minimum absolute atomic E-state index is 1.30. The number of hydrogen-bond acceptors (Lipinski definition) is 0. The molecule has 0 unspecified atom stereocenters. The summed E-state index contributed by atoms with van der Waals surface area (Å²) in [4.78, 5) is 0. The van der Waals surface area contributed by atoms with Crippen LogP contribution in [0.15, 0.2) is 97.1 Å². The summed E-state index contributed by atoms with van der Waals surface area (Å²) in [6.45, 7) is 12.7. The lowest BCUT2D eigenvalue weighted by Crippen LogP contribution is -1.82. The van der Waals surface area contributed by atoms with Gasteiger partial charge in [0.1, 0.15) is 0 Å². The minimum Gasteiger partial charge on any atom is -0.0620 e. The average Bonchev–Trinajstić information content (AvgIpc) is 2.72. The third kappa shape index (κ3) is 7.72. The molecule has 4 aromatic rings. The van der Waals surface area contributed by atoms with Gasteiger partial charge in [-0.2, -0.15) is 0 Å². The Morgan fingerprint density at radius 1 is 0.367 bits per heavy atom. The Kier molecular flexibility index (Phi) is 9.09. The van der Waals surface area contributed by atoms with Crippen LogP contribution in [0.2, 0.25) is 0 Å². The van der Waals surface area contributed by atoms with Crippen molar-refractivity contribution in [3.05, 3.63) is 130 Å². The van der Waals surface area contributed by atoms with E-state index in [1.165, 1.54) is 44.5 Å². The summed E-state index contributed by atoms with van der Waals surface area (Å²) >= 11 is 0. The Bertz CT molecular complexity index is 1000. The van der Waals surface area contributed by atoms with Crippen LogP contribution in [-0.2, 0) is 0 Å². The van der Waals surface area contributed by atoms with Crippen LogP contribution < -0.4 is 0 Å². The van der Waals surface area contributed by atoms with Gasteiger partial charge in [-0.15, -0.1) is 0 Å². The molecule has 0 heteroatoms. The fourth-order valence-corrected chi connectivity index (χ4v) is 3.10. The smallest absolute Gasteiger partial charge is 0.0155 e. The Morgan fingerprint density at radius 2 is 0.833 bits per heavy atom. The lowest BCUT2D eigenvalue weighted by Gasteiger charge is -2.05. The number of rotatable bonds is 1. The molecule has 0 aliphatic rings. The van der Waals surface area contributed by atoms with E-state index in [4.69, 9.17) is 0 Å². The van der Waals surface area contributed by atoms with Gasteiger partial charge in [0, 0.05) is 0 Å². The molecule has 0 heterocycles. The first-order chi connectivity index (χ1) is 14.4. The first-order valence-electron chi connectivity index (χ1n) is 10.5. The molecule has 0 aliphatic heterocycles. The lowest BCUT2D eigenvalue weighted by atomic mass is 10.00. The molecule has 4 rings (SSSR count). The lowest BCUT2D eigenvalue weighted by molar-refractivity contribution is 1.34. The maximum Gasteiger partial charge on any atom is -0.0155 e. The second-order valence-electron chi connectivity index (χ2n) is 7.92. The van der Waals surface area contributed by atoms with Crippen LogP contribution in [0, 0.1) is 41.5 Å². The summed E-state index contributed by atoms with van der Waals surface area (Å²) in [7, 11) is 0. The summed E-state index contributed by atoms with van der Waals surface area (Å²) in [5.41, 5.74) is 10.7. The number of benzene rings is 4. The van der Waals surface area contributed by atoms with Crippen molar-refractivity contribution < 1.29 is 0 Å². The van der Waals surface area contributed by atoms with Gasteiger partial charge in [0.15, 0.2) is 0 Å². The molecule has 0 aromatic heterocycles. The van der Waals surface area contributed by atoms with E-state index < -0.39 is 0 Å². The molecule has 0 saturated carbocycles. The second kappa shape index (κ2) is 11.8. The van der Waals surface area contributed by atoms with Crippen LogP contribution in [0.25, 0.3) is 11.1 Å². The van der Waals surface area contributed by atoms with Gasteiger partial charge in [-0.05, 0) is 69.4 Å². The normalized spacial score (nSPS) is 9.67. The topological polar surface area (TPSA) is 0 Å². The molecule has 0 radical (unpaired) electrons. The largest absolute Gasteiger partial charge is 0.0620 e. The fraction of sp³-hybridized carbons (Fsp3) is 0.200. The van der Waals surface area contributed by atoms with E-state index in [1.54, 1.807) is 0 Å². The molecule has 0 fully saturated rings. The maximum absolute atomic E-state index is 2.18. The summed E-state index contributed by atoms with van der Waals surface area (Å²) in [6, 6.07) is 33.9. The summed E-state index contributed by atoms with van der Waals surface area (Å²) in [6.07, 6.45) is 0. The van der Waals surface area contributed by atoms with Crippen molar-refractivity contribution in [3.63, 3.8) is 0 Å². The predicted molar refractivity (Wildman–Crippen MR) is 133 cm³/mol. The number of aryl methyl sites for hydroxylation is 6. The molecule has 0 saturated heterocycles. The van der Waals surface area contributed by atoms with Crippen molar-refractivity contribution in [1.29, 1.82) is 0 Å². The molecule has 0 atom stereocenters. The van der Waals surface area contributed by atoms with Gasteiger partial charge in [-0.3, -0.25) is 0 Å². The van der Waals surface area contributed by atoms with E-state index in [2.05, 4.69) is 139 Å². The third-order valence-corrected chi connectivity index (χ3v) is 5.11. The van der Waals surface area contributed by atoms with Crippen molar-refractivity contribution in [2.75, 3.05) is 0 Å². The van der Waals surface area contributed by atoms with Crippen molar-refractivity contribution in [1.82, 2.24) is 0 Å². The Labute approximate surface area is 183 Å². The third-order valence-electron chi connectivity index (χ3n) is 5.11. The molecule has 0 amide bonds. The quantitative estimate of drug-likeness (QED) is 0.303. The Balaban J connectivity index is 0.000000172. The molecular formula is C30H34. The zero-order valence-corrected chi connectivity index (χ0v) is 19.2. The van der Waals surface area contributed by atoms with Gasteiger partial charge in [-0.1, -0.05) is 114 Å². The molecule has 4 aromatic carbocycles. The summed E-state index contributed by atoms with van der Waals surface area (Å²) in [5, 5.41) is 0. The van der Waals surface area contributed by atoms with Crippen molar-refractivity contribution in [3.8, 4) is 11.1 Å². The molecule has 0 aliphatic carbocycles. The van der Waals surface area contributed by atoms with Crippen LogP contribution >= 0.6 is 0 Å². The zero-order valence-electron chi connectivity index (χ0n) is 19.2. The molecule has 30 heavy (non-hydrogen) atoms. The van der Waals surface area contributed by atoms with Gasteiger partial charge in [0.05, 0.1) is 0 Å². The van der Waals surface area contributed by atoms with Gasteiger partial charge < -0.3 is 0 Å². The van der Waals surface area contributed by atoms with Gasteiger partial charge in [-0.25, -0.2) is 0 Å². The van der Waals surface area contributed by atoms with E-state index in [0.29, 0.717) is 0 Å². The van der Waals surface area contributed by atoms with E-state index in [9.17, 15) is 0 Å². The van der Waals surface area contributed by atoms with Gasteiger partial charge >= 0.3 is 0 Å². The molecule has 154 valence electrons. The van der Waals surface area contributed by atoms with Crippen LogP contribution in [-0.4, -0.2) is 0 Å². The maximum atomic E-state index is 2.18. The average molecular weight is 395 g/mol. The second-order valence-corrected chi connectivity index (χ2v) is 7.92. The predicted octanol–water partition coefficient (Wildman–Crippen LogP) is 8.58. The van der Waals surface area contributed by atoms with Crippen molar-refractivity contribution in [2.45, 2.75) is 41.5 Å². The molecule has 0 bridgehead atoms. The fourth-order valence-electron chi connectivity index (χ4n) is 3.10. The van der Waals surface area contributed by atoms with Gasteiger partial charge in [0.25, 0.3) is 0 Å². The Hall–Kier alpha value is -3.12. The van der Waals surface area contributed by atoms with E-state index in [0.717, 1.165) is 0 Å². The number of hydrogen-bond donors (Lipinski definition) is 0. The van der Waals surface area contributed by atoms with E-state index >= 15 is 0 Å². The Morgan fingerprint density at radius 3 is 1.23 bits per heavy atom. The molecule has 0 spiro atoms. The standard InChI is InChI=1S/C14H14.2C8H10/c1-11-7-9-13(10-8-11)14-6-4-3-5-12(14)2;1-7-4-3-5-8(2)6-7;1-7-5-3-4-6-8(7)2/h3-10H,1-2H3;2*3-6H,1-2H3. The van der Waals surface area contributed by atoms with Crippen molar-refractivity contribution >= 4 is 0 Å². The highest BCUT2D eigenvalue weighted by Gasteiger charge is 1.99. The molecule has 0 N–H and O–H groups in total. The van der Waals surface area contributed by atoms with Crippen molar-refractivity contribution in [2.24, 2.45) is 0 Å². The minimum atomic E-state index is 1.30. The molecule has 0 nitrogen and oxygen atoms in total. The SMILES string of the molecule is Cc1ccc(-c2ccccc2C)cc1.Cc1cccc(C)c1.Cc1ccccc1C. The zero-order chi connectivity index (χ0) is 21.9. The van der Waals surface area contributed by atoms with Crippen LogP contribution in [0.4, 0.5) is 0 Å². The first kappa shape index (κ1) is 23.2. The van der Waals surface area contributed by atoms with E-state index in [1.807, 2.05) is 0 Å². The van der Waals surface area contributed by atoms with Crippen LogP contribution in [0.1, 0.15) is 33.4 Å². The highest BCUT2D eigenvalue weighted by molar-refractivity contribution is 5.67. The summed E-state index contributed by atoms with van der Waals surface area (Å²) in [5.74, 6) is 0. The highest BCUT2D eigenvalue weighted by Crippen LogP contribution is 2.22. The molecular weight excluding hydrogens is 360 g/mol.